The van der Waals surface area contributed by atoms with E-state index < -0.39 is 16.1 Å². The van der Waals surface area contributed by atoms with Gasteiger partial charge in [0.05, 0.1) is 22.9 Å². The van der Waals surface area contributed by atoms with Crippen LogP contribution in [-0.4, -0.2) is 37.4 Å². The fraction of sp³-hybridized carbons (Fsp3) is 0.241. The number of carbonyl (C=O) groups is 1. The van der Waals surface area contributed by atoms with Gasteiger partial charge in [0.1, 0.15) is 5.75 Å². The van der Waals surface area contributed by atoms with E-state index in [0.717, 1.165) is 45.1 Å². The zero-order chi connectivity index (χ0) is 27.3. The minimum Gasteiger partial charge on any atom is -0.493 e. The number of carbonyl (C=O) groups excluding carboxylic acids is 1. The smallest absolute Gasteiger partial charge is 0.328 e. The molecule has 0 saturated carbocycles. The van der Waals surface area contributed by atoms with Crippen LogP contribution in [0, 0.1) is 20.8 Å². The van der Waals surface area contributed by atoms with E-state index in [9.17, 15) is 13.2 Å². The molecule has 9 heteroatoms. The highest BCUT2D eigenvalue weighted by Crippen LogP contribution is 2.35. The van der Waals surface area contributed by atoms with E-state index in [1.165, 1.54) is 12.1 Å². The van der Waals surface area contributed by atoms with E-state index in [4.69, 9.17) is 9.84 Å². The molecule has 1 aromatic heterocycles. The molecule has 0 aliphatic rings. The Bertz CT molecular complexity index is 1530. The van der Waals surface area contributed by atoms with Crippen molar-refractivity contribution >= 4 is 16.1 Å². The van der Waals surface area contributed by atoms with Crippen LogP contribution in [0.4, 0.5) is 4.79 Å². The molecule has 0 radical (unpaired) electrons. The molecule has 0 aliphatic carbocycles. The first-order chi connectivity index (χ1) is 18.2. The average Bonchev–Trinajstić information content (AvgIpc) is 3.18. The summed E-state index contributed by atoms with van der Waals surface area (Å²) in [5, 5.41) is 7.39. The second-order valence-corrected chi connectivity index (χ2v) is 10.7. The number of urea groups is 1. The summed E-state index contributed by atoms with van der Waals surface area (Å²) in [4.78, 5) is 12.2. The molecule has 8 nitrogen and oxygen atoms in total. The van der Waals surface area contributed by atoms with Crippen molar-refractivity contribution in [2.45, 2.75) is 39.0 Å². The second-order valence-electron chi connectivity index (χ2n) is 8.98. The third kappa shape index (κ3) is 6.06. The molecule has 2 N–H and O–H groups in total. The van der Waals surface area contributed by atoms with Crippen molar-refractivity contribution in [1.82, 2.24) is 19.8 Å². The van der Waals surface area contributed by atoms with Crippen LogP contribution in [0.15, 0.2) is 77.7 Å². The number of para-hydroxylation sites is 1. The number of hydrogen-bond donors (Lipinski definition) is 2. The molecule has 0 aliphatic heterocycles. The van der Waals surface area contributed by atoms with Gasteiger partial charge in [-0.1, -0.05) is 48.0 Å². The summed E-state index contributed by atoms with van der Waals surface area (Å²) in [5.41, 5.74) is 6.84. The van der Waals surface area contributed by atoms with E-state index in [-0.39, 0.29) is 11.4 Å². The maximum Gasteiger partial charge on any atom is 0.328 e. The Hall–Kier alpha value is -4.11. The number of ether oxygens (including phenoxy) is 1. The number of amides is 2. The normalized spacial score (nSPS) is 11.3. The number of benzene rings is 3. The van der Waals surface area contributed by atoms with Crippen LogP contribution in [0.5, 0.6) is 5.75 Å². The fourth-order valence-corrected chi connectivity index (χ4v) is 5.23. The van der Waals surface area contributed by atoms with Gasteiger partial charge in [0.25, 0.3) is 10.0 Å². The molecule has 0 spiro atoms. The molecule has 3 aromatic carbocycles. The molecule has 4 aromatic rings. The molecule has 0 fully saturated rings. The van der Waals surface area contributed by atoms with Gasteiger partial charge in [0.2, 0.25) is 0 Å². The summed E-state index contributed by atoms with van der Waals surface area (Å²) in [6, 6.07) is 21.4. The van der Waals surface area contributed by atoms with Gasteiger partial charge in [-0.15, -0.1) is 0 Å². The lowest BCUT2D eigenvalue weighted by atomic mass is 10.0. The first-order valence-corrected chi connectivity index (χ1v) is 13.9. The highest BCUT2D eigenvalue weighted by Gasteiger charge is 2.19. The molecular weight excluding hydrogens is 500 g/mol. The van der Waals surface area contributed by atoms with Gasteiger partial charge in [-0.25, -0.2) is 22.6 Å². The molecule has 38 heavy (non-hydrogen) atoms. The Labute approximate surface area is 223 Å². The second kappa shape index (κ2) is 11.5. The van der Waals surface area contributed by atoms with Crippen molar-refractivity contribution in [2.75, 3.05) is 13.2 Å². The van der Waals surface area contributed by atoms with Crippen LogP contribution in [0.3, 0.4) is 0 Å². The summed E-state index contributed by atoms with van der Waals surface area (Å²) in [6.07, 6.45) is 0.544. The molecule has 0 bridgehead atoms. The van der Waals surface area contributed by atoms with Crippen molar-refractivity contribution in [3.63, 3.8) is 0 Å². The molecule has 1 heterocycles. The molecule has 0 atom stereocenters. The Morgan fingerprint density at radius 1 is 0.947 bits per heavy atom. The summed E-state index contributed by atoms with van der Waals surface area (Å²) in [5.74, 6) is 0.833. The number of nitrogens with one attached hydrogen (secondary N) is 2. The zero-order valence-electron chi connectivity index (χ0n) is 22.0. The van der Waals surface area contributed by atoms with Crippen molar-refractivity contribution < 1.29 is 17.9 Å². The van der Waals surface area contributed by atoms with E-state index in [2.05, 4.69) is 5.32 Å². The molecular formula is C29H32N4O4S. The third-order valence-electron chi connectivity index (χ3n) is 6.19. The standard InChI is InChI=1S/C29H32N4O4S/c1-5-37-27-9-7-6-8-26(27)28-21(3)31-33(22(28)4)24-14-12-23(13-15-24)18-19-30-29(34)32-38(35,36)25-16-10-20(2)11-17-25/h6-17H,5,18-19H2,1-4H3,(H2,30,32,34). The van der Waals surface area contributed by atoms with Crippen LogP contribution >= 0.6 is 0 Å². The largest absolute Gasteiger partial charge is 0.493 e. The van der Waals surface area contributed by atoms with Crippen LogP contribution in [-0.2, 0) is 16.4 Å². The summed E-state index contributed by atoms with van der Waals surface area (Å²) >= 11 is 0. The first-order valence-electron chi connectivity index (χ1n) is 12.4. The van der Waals surface area contributed by atoms with Crippen LogP contribution < -0.4 is 14.8 Å². The Morgan fingerprint density at radius 2 is 1.63 bits per heavy atom. The summed E-state index contributed by atoms with van der Waals surface area (Å²) < 4.78 is 34.5. The minimum absolute atomic E-state index is 0.0440. The predicted molar refractivity (Wildman–Crippen MR) is 148 cm³/mol. The van der Waals surface area contributed by atoms with E-state index >= 15 is 0 Å². The number of aryl methyl sites for hydroxylation is 2. The van der Waals surface area contributed by atoms with Crippen LogP contribution in [0.1, 0.15) is 29.4 Å². The zero-order valence-corrected chi connectivity index (χ0v) is 22.8. The highest BCUT2D eigenvalue weighted by molar-refractivity contribution is 7.90. The van der Waals surface area contributed by atoms with Crippen molar-refractivity contribution in [3.8, 4) is 22.6 Å². The number of rotatable bonds is 9. The monoisotopic (exact) mass is 532 g/mol. The Balaban J connectivity index is 1.39. The quantitative estimate of drug-likeness (QED) is 0.313. The molecule has 0 unspecified atom stereocenters. The van der Waals surface area contributed by atoms with Gasteiger partial charge < -0.3 is 10.1 Å². The minimum atomic E-state index is -3.92. The first kappa shape index (κ1) is 26.9. The molecule has 2 amide bonds. The third-order valence-corrected chi connectivity index (χ3v) is 7.53. The lowest BCUT2D eigenvalue weighted by Gasteiger charge is -2.11. The number of hydrogen-bond acceptors (Lipinski definition) is 5. The van der Waals surface area contributed by atoms with Gasteiger partial charge >= 0.3 is 6.03 Å². The predicted octanol–water partition coefficient (Wildman–Crippen LogP) is 5.09. The molecule has 0 saturated heterocycles. The summed E-state index contributed by atoms with van der Waals surface area (Å²) in [6.45, 7) is 8.74. The van der Waals surface area contributed by atoms with Crippen LogP contribution in [0.2, 0.25) is 0 Å². The lowest BCUT2D eigenvalue weighted by molar-refractivity contribution is 0.246. The van der Waals surface area contributed by atoms with Gasteiger partial charge in [0, 0.05) is 23.4 Å². The van der Waals surface area contributed by atoms with E-state index in [1.54, 1.807) is 12.1 Å². The van der Waals surface area contributed by atoms with Crippen molar-refractivity contribution in [2.24, 2.45) is 0 Å². The van der Waals surface area contributed by atoms with Gasteiger partial charge in [-0.05, 0) is 70.0 Å². The average molecular weight is 533 g/mol. The van der Waals surface area contributed by atoms with Gasteiger partial charge in [0.15, 0.2) is 0 Å². The Kier molecular flexibility index (Phi) is 8.16. The van der Waals surface area contributed by atoms with Crippen molar-refractivity contribution in [3.05, 3.63) is 95.3 Å². The Morgan fingerprint density at radius 3 is 2.32 bits per heavy atom. The number of aromatic nitrogens is 2. The maximum atomic E-state index is 12.4. The van der Waals surface area contributed by atoms with Crippen molar-refractivity contribution in [1.29, 1.82) is 0 Å². The number of nitrogens with zero attached hydrogens (tertiary/aromatic N) is 2. The SMILES string of the molecule is CCOc1ccccc1-c1c(C)nn(-c2ccc(CCNC(=O)NS(=O)(=O)c3ccc(C)cc3)cc2)c1C. The fourth-order valence-electron chi connectivity index (χ4n) is 4.30. The topological polar surface area (TPSA) is 102 Å². The number of sulfonamides is 1. The van der Waals surface area contributed by atoms with Gasteiger partial charge in [-0.3, -0.25) is 0 Å². The molecule has 198 valence electrons. The van der Waals surface area contributed by atoms with E-state index in [1.807, 2.05) is 85.6 Å². The summed E-state index contributed by atoms with van der Waals surface area (Å²) in [7, 11) is -3.92. The van der Waals surface area contributed by atoms with Crippen LogP contribution in [0.25, 0.3) is 16.8 Å². The van der Waals surface area contributed by atoms with Gasteiger partial charge in [-0.2, -0.15) is 5.10 Å². The molecule has 4 rings (SSSR count). The lowest BCUT2D eigenvalue weighted by Crippen LogP contribution is -2.40. The maximum absolute atomic E-state index is 12.4. The van der Waals surface area contributed by atoms with E-state index in [0.29, 0.717) is 13.0 Å². The highest BCUT2D eigenvalue weighted by atomic mass is 32.2.